The molecule has 3 N–H and O–H groups in total. The topological polar surface area (TPSA) is 137 Å². The molecule has 0 spiro atoms. The maximum atomic E-state index is 12.5. The molecule has 0 aliphatic carbocycles. The Kier molecular flexibility index (Phi) is 8.18. The summed E-state index contributed by atoms with van der Waals surface area (Å²) >= 11 is 15.9. The summed E-state index contributed by atoms with van der Waals surface area (Å²) in [7, 11) is -3.74. The molecule has 9 nitrogen and oxygen atoms in total. The Morgan fingerprint density at radius 2 is 1.80 bits per heavy atom. The molecule has 35 heavy (non-hydrogen) atoms. The smallest absolute Gasteiger partial charge is 0.265 e. The highest BCUT2D eigenvalue weighted by Gasteiger charge is 2.15. The number of hydrogen-bond acceptors (Lipinski definition) is 7. The number of primary sulfonamides is 1. The number of H-pyrrole nitrogens is 1. The van der Waals surface area contributed by atoms with E-state index in [-0.39, 0.29) is 10.5 Å². The molecule has 0 fully saturated rings. The molecule has 0 unspecified atom stereocenters. The summed E-state index contributed by atoms with van der Waals surface area (Å²) in [6.07, 6.45) is 2.10. The minimum absolute atomic E-state index is 0.0483. The normalized spacial score (nSPS) is 11.7. The standard InChI is InChI=1S/C21H17Cl2IN6O3S2/c22-16-2-1-3-17(23)15(16)8-18-19(24)20(31)27-21(26-18)34-11-13-10-30(29-28-13)9-12-4-6-14(7-5-12)35(25,32)33/h1-7,10H,8-9,11H2,(H2,25,32,33)(H,26,27,31). The first kappa shape index (κ1) is 26.1. The van der Waals surface area contributed by atoms with Crippen molar-refractivity contribution >= 4 is 67.6 Å². The highest BCUT2D eigenvalue weighted by atomic mass is 127. The number of rotatable bonds is 8. The van der Waals surface area contributed by atoms with Crippen LogP contribution in [-0.4, -0.2) is 33.4 Å². The Hall–Kier alpha value is -1.97. The minimum Gasteiger partial charge on any atom is -0.301 e. The quantitative estimate of drug-likeness (QED) is 0.166. The lowest BCUT2D eigenvalue weighted by atomic mass is 10.1. The van der Waals surface area contributed by atoms with E-state index in [0.29, 0.717) is 54.4 Å². The average Bonchev–Trinajstić information content (AvgIpc) is 3.25. The van der Waals surface area contributed by atoms with Gasteiger partial charge in [-0.25, -0.2) is 23.2 Å². The van der Waals surface area contributed by atoms with Gasteiger partial charge in [0.05, 0.1) is 22.8 Å². The molecule has 0 amide bonds. The minimum atomic E-state index is -3.74. The van der Waals surface area contributed by atoms with Crippen LogP contribution in [0.3, 0.4) is 0 Å². The largest absolute Gasteiger partial charge is 0.301 e. The van der Waals surface area contributed by atoms with E-state index in [2.05, 4.69) is 20.3 Å². The van der Waals surface area contributed by atoms with Crippen molar-refractivity contribution in [2.24, 2.45) is 5.14 Å². The van der Waals surface area contributed by atoms with E-state index < -0.39 is 10.0 Å². The molecule has 0 saturated carbocycles. The van der Waals surface area contributed by atoms with Gasteiger partial charge in [-0.15, -0.1) is 5.10 Å². The molecule has 0 radical (unpaired) electrons. The molecule has 182 valence electrons. The lowest BCUT2D eigenvalue weighted by Gasteiger charge is -2.09. The van der Waals surface area contributed by atoms with Gasteiger partial charge in [0.2, 0.25) is 10.0 Å². The van der Waals surface area contributed by atoms with E-state index in [4.69, 9.17) is 28.3 Å². The first-order valence-electron chi connectivity index (χ1n) is 9.95. The van der Waals surface area contributed by atoms with Gasteiger partial charge in [-0.2, -0.15) is 0 Å². The average molecular weight is 663 g/mol. The molecular formula is C21H17Cl2IN6O3S2. The summed E-state index contributed by atoms with van der Waals surface area (Å²) in [6.45, 7) is 0.407. The predicted molar refractivity (Wildman–Crippen MR) is 143 cm³/mol. The summed E-state index contributed by atoms with van der Waals surface area (Å²) in [5.41, 5.74) is 2.58. The molecule has 4 rings (SSSR count). The Morgan fingerprint density at radius 3 is 2.46 bits per heavy atom. The highest BCUT2D eigenvalue weighted by Crippen LogP contribution is 2.28. The van der Waals surface area contributed by atoms with Crippen LogP contribution in [0, 0.1) is 3.57 Å². The van der Waals surface area contributed by atoms with Gasteiger partial charge in [0, 0.05) is 28.4 Å². The van der Waals surface area contributed by atoms with Gasteiger partial charge in [0.25, 0.3) is 5.56 Å². The first-order chi connectivity index (χ1) is 16.6. The van der Waals surface area contributed by atoms with Gasteiger partial charge in [-0.05, 0) is 58.0 Å². The highest BCUT2D eigenvalue weighted by molar-refractivity contribution is 14.1. The number of nitrogens with one attached hydrogen (secondary N) is 1. The van der Waals surface area contributed by atoms with Crippen molar-refractivity contribution < 1.29 is 8.42 Å². The maximum Gasteiger partial charge on any atom is 0.265 e. The zero-order valence-corrected chi connectivity index (χ0v) is 23.1. The van der Waals surface area contributed by atoms with Crippen LogP contribution in [0.2, 0.25) is 10.0 Å². The van der Waals surface area contributed by atoms with E-state index in [9.17, 15) is 13.2 Å². The summed E-state index contributed by atoms with van der Waals surface area (Å²) in [5.74, 6) is 0.431. The van der Waals surface area contributed by atoms with Gasteiger partial charge in [-0.1, -0.05) is 58.4 Å². The number of nitrogens with zero attached hydrogens (tertiary/aromatic N) is 4. The van der Waals surface area contributed by atoms with Crippen LogP contribution in [0.15, 0.2) is 63.5 Å². The van der Waals surface area contributed by atoms with Gasteiger partial charge in [-0.3, -0.25) is 4.79 Å². The Bertz CT molecular complexity index is 1520. The van der Waals surface area contributed by atoms with Crippen molar-refractivity contribution in [3.8, 4) is 0 Å². The van der Waals surface area contributed by atoms with Crippen LogP contribution in [0.25, 0.3) is 0 Å². The molecule has 2 aromatic carbocycles. The predicted octanol–water partition coefficient (Wildman–Crippen LogP) is 3.85. The van der Waals surface area contributed by atoms with Crippen molar-refractivity contribution in [1.82, 2.24) is 25.0 Å². The third-order valence-electron chi connectivity index (χ3n) is 4.85. The number of halogens is 3. The molecule has 14 heteroatoms. The van der Waals surface area contributed by atoms with Gasteiger partial charge < -0.3 is 4.98 Å². The summed E-state index contributed by atoms with van der Waals surface area (Å²) in [4.78, 5) is 19.9. The van der Waals surface area contributed by atoms with Crippen LogP contribution in [0.4, 0.5) is 0 Å². The van der Waals surface area contributed by atoms with Crippen molar-refractivity contribution in [3.05, 3.63) is 95.1 Å². The SMILES string of the molecule is NS(=O)(=O)c1ccc(Cn2cc(CSc3nc(Cc4c(Cl)cccc4Cl)c(I)c(=O)[nH]3)nn2)cc1. The second-order valence-electron chi connectivity index (χ2n) is 7.39. The summed E-state index contributed by atoms with van der Waals surface area (Å²) < 4.78 is 24.9. The van der Waals surface area contributed by atoms with Crippen molar-refractivity contribution in [2.45, 2.75) is 28.8 Å². The van der Waals surface area contributed by atoms with Gasteiger partial charge >= 0.3 is 0 Å². The zero-order valence-electron chi connectivity index (χ0n) is 17.8. The Balaban J connectivity index is 1.44. The molecule has 0 bridgehead atoms. The molecule has 0 aliphatic heterocycles. The number of thioether (sulfide) groups is 1. The lowest BCUT2D eigenvalue weighted by Crippen LogP contribution is -2.16. The number of hydrogen-bond donors (Lipinski definition) is 2. The van der Waals surface area contributed by atoms with E-state index >= 15 is 0 Å². The third-order valence-corrected chi connectivity index (χ3v) is 8.51. The molecule has 0 atom stereocenters. The van der Waals surface area contributed by atoms with Crippen molar-refractivity contribution in [1.29, 1.82) is 0 Å². The van der Waals surface area contributed by atoms with E-state index in [0.717, 1.165) is 5.56 Å². The van der Waals surface area contributed by atoms with Crippen LogP contribution >= 0.6 is 57.6 Å². The maximum absolute atomic E-state index is 12.5. The number of nitrogens with two attached hydrogens (primary N) is 1. The van der Waals surface area contributed by atoms with Gasteiger partial charge in [0.15, 0.2) is 5.16 Å². The molecular weight excluding hydrogens is 646 g/mol. The molecule has 0 aliphatic rings. The second kappa shape index (κ2) is 11.0. The van der Waals surface area contributed by atoms with Gasteiger partial charge in [0.1, 0.15) is 3.57 Å². The third kappa shape index (κ3) is 6.62. The number of aromatic amines is 1. The molecule has 0 saturated heterocycles. The first-order valence-corrected chi connectivity index (χ1v) is 14.3. The van der Waals surface area contributed by atoms with Crippen LogP contribution in [0.1, 0.15) is 22.5 Å². The van der Waals surface area contributed by atoms with Crippen LogP contribution in [0.5, 0.6) is 0 Å². The monoisotopic (exact) mass is 662 g/mol. The van der Waals surface area contributed by atoms with Crippen molar-refractivity contribution in [2.75, 3.05) is 0 Å². The lowest BCUT2D eigenvalue weighted by molar-refractivity contribution is 0.597. The summed E-state index contributed by atoms with van der Waals surface area (Å²) in [5, 5.41) is 14.9. The fraction of sp³-hybridized carbons (Fsp3) is 0.143. The fourth-order valence-corrected chi connectivity index (χ4v) is 5.38. The Labute approximate surface area is 228 Å². The molecule has 2 aromatic heterocycles. The zero-order chi connectivity index (χ0) is 25.2. The van der Waals surface area contributed by atoms with E-state index in [1.165, 1.54) is 23.9 Å². The van der Waals surface area contributed by atoms with Crippen LogP contribution < -0.4 is 10.7 Å². The molecule has 2 heterocycles. The number of aromatic nitrogens is 5. The fourth-order valence-electron chi connectivity index (χ4n) is 3.13. The van der Waals surface area contributed by atoms with E-state index in [1.807, 2.05) is 22.6 Å². The summed E-state index contributed by atoms with van der Waals surface area (Å²) in [6, 6.07) is 11.5. The number of sulfonamides is 1. The number of benzene rings is 2. The van der Waals surface area contributed by atoms with Crippen molar-refractivity contribution in [3.63, 3.8) is 0 Å². The molecule has 4 aromatic rings. The van der Waals surface area contributed by atoms with Crippen LogP contribution in [-0.2, 0) is 28.7 Å². The Morgan fingerprint density at radius 1 is 1.11 bits per heavy atom. The van der Waals surface area contributed by atoms with E-state index in [1.54, 1.807) is 41.2 Å². The second-order valence-corrected chi connectivity index (χ2v) is 11.8.